The van der Waals surface area contributed by atoms with E-state index in [1.807, 2.05) is 17.5 Å². The maximum atomic E-state index is 13.0. The molecule has 0 unspecified atom stereocenters. The molecule has 3 aromatic heterocycles. The van der Waals surface area contributed by atoms with Gasteiger partial charge in [-0.05, 0) is 35.6 Å². The third kappa shape index (κ3) is 2.77. The first-order valence-corrected chi connectivity index (χ1v) is 9.70. The fourth-order valence-electron chi connectivity index (χ4n) is 3.00. The van der Waals surface area contributed by atoms with Crippen molar-refractivity contribution in [1.29, 1.82) is 0 Å². The molecule has 0 bridgehead atoms. The van der Waals surface area contributed by atoms with Crippen LogP contribution in [0.1, 0.15) is 25.3 Å². The van der Waals surface area contributed by atoms with Crippen molar-refractivity contribution in [1.82, 2.24) is 18.7 Å². The highest BCUT2D eigenvalue weighted by Gasteiger charge is 2.18. The van der Waals surface area contributed by atoms with Gasteiger partial charge in [-0.3, -0.25) is 9.36 Å². The number of nitrogens with zero attached hydrogens (tertiary/aromatic N) is 4. The summed E-state index contributed by atoms with van der Waals surface area (Å²) in [6, 6.07) is 9.12. The SMILES string of the molecule is CCCCn1nc2n(Cc3ccc(Cl)cc3)c(=O)c3sccc3n2c1=O. The van der Waals surface area contributed by atoms with Crippen LogP contribution in [0.4, 0.5) is 0 Å². The minimum Gasteiger partial charge on any atom is -0.271 e. The van der Waals surface area contributed by atoms with Crippen LogP contribution in [0.5, 0.6) is 0 Å². The molecule has 1 aromatic carbocycles. The van der Waals surface area contributed by atoms with Crippen molar-refractivity contribution in [2.24, 2.45) is 0 Å². The van der Waals surface area contributed by atoms with Gasteiger partial charge in [0.2, 0.25) is 5.78 Å². The molecular weight excluding hydrogens is 372 g/mol. The Balaban J connectivity index is 1.97. The molecule has 134 valence electrons. The molecule has 0 aliphatic rings. The lowest BCUT2D eigenvalue weighted by Gasteiger charge is -2.08. The highest BCUT2D eigenvalue weighted by atomic mass is 35.5. The molecule has 0 atom stereocenters. The maximum Gasteiger partial charge on any atom is 0.352 e. The van der Waals surface area contributed by atoms with Crippen molar-refractivity contribution < 1.29 is 0 Å². The Morgan fingerprint density at radius 1 is 1.15 bits per heavy atom. The standard InChI is InChI=1S/C18H17ClN4O2S/c1-2-3-9-22-18(25)23-14-8-10-26-15(14)16(24)21(17(23)20-22)11-12-4-6-13(19)7-5-12/h4-8,10H,2-3,9,11H2,1H3. The number of unbranched alkanes of at least 4 members (excludes halogenated alkanes) is 1. The van der Waals surface area contributed by atoms with E-state index in [4.69, 9.17) is 11.6 Å². The summed E-state index contributed by atoms with van der Waals surface area (Å²) < 4.78 is 5.11. The first-order chi connectivity index (χ1) is 12.6. The van der Waals surface area contributed by atoms with Crippen LogP contribution in [-0.2, 0) is 13.1 Å². The highest BCUT2D eigenvalue weighted by molar-refractivity contribution is 7.17. The normalized spacial score (nSPS) is 11.6. The molecule has 0 radical (unpaired) electrons. The molecule has 0 aliphatic carbocycles. The largest absolute Gasteiger partial charge is 0.352 e. The van der Waals surface area contributed by atoms with Crippen molar-refractivity contribution in [3.05, 3.63) is 67.1 Å². The Bertz CT molecular complexity index is 1200. The molecule has 4 rings (SSSR count). The molecule has 26 heavy (non-hydrogen) atoms. The number of halogens is 1. The zero-order valence-electron chi connectivity index (χ0n) is 14.2. The van der Waals surface area contributed by atoms with Crippen LogP contribution >= 0.6 is 22.9 Å². The van der Waals surface area contributed by atoms with Gasteiger partial charge in [0.15, 0.2) is 0 Å². The van der Waals surface area contributed by atoms with Gasteiger partial charge in [0.1, 0.15) is 4.70 Å². The van der Waals surface area contributed by atoms with E-state index in [0.717, 1.165) is 18.4 Å². The number of aryl methyl sites for hydroxylation is 1. The summed E-state index contributed by atoms with van der Waals surface area (Å²) >= 11 is 7.29. The molecule has 0 saturated heterocycles. The van der Waals surface area contributed by atoms with E-state index in [1.54, 1.807) is 27.2 Å². The van der Waals surface area contributed by atoms with Gasteiger partial charge in [-0.1, -0.05) is 37.1 Å². The van der Waals surface area contributed by atoms with Gasteiger partial charge in [-0.15, -0.1) is 16.4 Å². The van der Waals surface area contributed by atoms with Crippen molar-refractivity contribution in [2.45, 2.75) is 32.9 Å². The summed E-state index contributed by atoms with van der Waals surface area (Å²) in [4.78, 5) is 25.8. The van der Waals surface area contributed by atoms with E-state index in [0.29, 0.717) is 34.1 Å². The molecule has 0 spiro atoms. The minimum atomic E-state index is -0.207. The van der Waals surface area contributed by atoms with Crippen LogP contribution in [0, 0.1) is 0 Å². The van der Waals surface area contributed by atoms with Crippen molar-refractivity contribution in [3.8, 4) is 0 Å². The van der Waals surface area contributed by atoms with E-state index < -0.39 is 0 Å². The number of rotatable bonds is 5. The Hall–Kier alpha value is -2.38. The Labute approximate surface area is 157 Å². The van der Waals surface area contributed by atoms with Crippen molar-refractivity contribution in [3.63, 3.8) is 0 Å². The van der Waals surface area contributed by atoms with Crippen LogP contribution < -0.4 is 11.2 Å². The van der Waals surface area contributed by atoms with Gasteiger partial charge >= 0.3 is 5.69 Å². The van der Waals surface area contributed by atoms with Crippen LogP contribution in [0.3, 0.4) is 0 Å². The first-order valence-electron chi connectivity index (χ1n) is 8.44. The number of benzene rings is 1. The van der Waals surface area contributed by atoms with Crippen LogP contribution in [0.25, 0.3) is 16.0 Å². The number of hydrogen-bond donors (Lipinski definition) is 0. The molecule has 0 saturated carbocycles. The smallest absolute Gasteiger partial charge is 0.271 e. The fraction of sp³-hybridized carbons (Fsp3) is 0.278. The van der Waals surface area contributed by atoms with Crippen LogP contribution in [0.2, 0.25) is 5.02 Å². The average Bonchev–Trinajstić information content (AvgIpc) is 3.23. The zero-order chi connectivity index (χ0) is 18.3. The molecule has 0 N–H and O–H groups in total. The molecule has 0 amide bonds. The Morgan fingerprint density at radius 2 is 1.92 bits per heavy atom. The second-order valence-corrected chi connectivity index (χ2v) is 7.50. The summed E-state index contributed by atoms with van der Waals surface area (Å²) in [7, 11) is 0. The summed E-state index contributed by atoms with van der Waals surface area (Å²) in [5, 5.41) is 6.93. The summed E-state index contributed by atoms with van der Waals surface area (Å²) in [6.07, 6.45) is 1.82. The predicted octanol–water partition coefficient (Wildman–Crippen LogP) is 3.37. The van der Waals surface area contributed by atoms with E-state index in [-0.39, 0.29) is 11.2 Å². The fourth-order valence-corrected chi connectivity index (χ4v) is 3.95. The highest BCUT2D eigenvalue weighted by Crippen LogP contribution is 2.18. The number of thiophene rings is 1. The lowest BCUT2D eigenvalue weighted by Crippen LogP contribution is -2.26. The minimum absolute atomic E-state index is 0.134. The second kappa shape index (κ2) is 6.74. The third-order valence-electron chi connectivity index (χ3n) is 4.37. The molecular formula is C18H17ClN4O2S. The second-order valence-electron chi connectivity index (χ2n) is 6.15. The van der Waals surface area contributed by atoms with Gasteiger partial charge in [0.25, 0.3) is 5.56 Å². The van der Waals surface area contributed by atoms with Gasteiger partial charge < -0.3 is 0 Å². The lowest BCUT2D eigenvalue weighted by molar-refractivity contribution is 0.553. The Kier molecular flexibility index (Phi) is 4.42. The molecule has 0 aliphatic heterocycles. The first kappa shape index (κ1) is 17.1. The van der Waals surface area contributed by atoms with Crippen LogP contribution in [-0.4, -0.2) is 18.7 Å². The summed E-state index contributed by atoms with van der Waals surface area (Å²) in [6.45, 7) is 2.93. The zero-order valence-corrected chi connectivity index (χ0v) is 15.8. The quantitative estimate of drug-likeness (QED) is 0.526. The summed E-state index contributed by atoms with van der Waals surface area (Å²) in [5.74, 6) is 0.372. The van der Waals surface area contributed by atoms with Crippen molar-refractivity contribution >= 4 is 38.9 Å². The maximum absolute atomic E-state index is 13.0. The van der Waals surface area contributed by atoms with Crippen molar-refractivity contribution in [2.75, 3.05) is 0 Å². The van der Waals surface area contributed by atoms with E-state index >= 15 is 0 Å². The molecule has 0 fully saturated rings. The van der Waals surface area contributed by atoms with E-state index in [1.165, 1.54) is 16.0 Å². The van der Waals surface area contributed by atoms with E-state index in [2.05, 4.69) is 12.0 Å². The number of hydrogen-bond acceptors (Lipinski definition) is 4. The average molecular weight is 389 g/mol. The van der Waals surface area contributed by atoms with Gasteiger partial charge in [-0.2, -0.15) is 0 Å². The number of fused-ring (bicyclic) bond motifs is 3. The lowest BCUT2D eigenvalue weighted by atomic mass is 10.2. The molecule has 3 heterocycles. The topological polar surface area (TPSA) is 61.3 Å². The molecule has 6 nitrogen and oxygen atoms in total. The van der Waals surface area contributed by atoms with Gasteiger partial charge in [0.05, 0.1) is 12.1 Å². The number of aromatic nitrogens is 4. The van der Waals surface area contributed by atoms with Gasteiger partial charge in [0, 0.05) is 11.6 Å². The molecule has 4 aromatic rings. The third-order valence-corrected chi connectivity index (χ3v) is 5.51. The molecule has 8 heteroatoms. The van der Waals surface area contributed by atoms with Crippen LogP contribution in [0.15, 0.2) is 45.3 Å². The predicted molar refractivity (Wildman–Crippen MR) is 105 cm³/mol. The summed E-state index contributed by atoms with van der Waals surface area (Å²) in [5.41, 5.74) is 1.20. The Morgan fingerprint density at radius 3 is 2.65 bits per heavy atom. The monoisotopic (exact) mass is 388 g/mol. The van der Waals surface area contributed by atoms with E-state index in [9.17, 15) is 9.59 Å². The van der Waals surface area contributed by atoms with Gasteiger partial charge in [-0.25, -0.2) is 13.9 Å².